The van der Waals surface area contributed by atoms with Crippen LogP contribution in [0.1, 0.15) is 56.7 Å². The molecule has 0 aromatic carbocycles. The number of aromatic nitrogens is 1. The zero-order chi connectivity index (χ0) is 12.1. The molecule has 1 aliphatic rings. The Morgan fingerprint density at radius 2 is 1.94 bits per heavy atom. The van der Waals surface area contributed by atoms with Gasteiger partial charge in [0, 0.05) is 5.38 Å². The predicted octanol–water partition coefficient (Wildman–Crippen LogP) is 3.43. The minimum Gasteiger partial charge on any atom is -0.385 e. The van der Waals surface area contributed by atoms with E-state index in [1.807, 2.05) is 5.38 Å². The fourth-order valence-electron chi connectivity index (χ4n) is 2.62. The fourth-order valence-corrected chi connectivity index (χ4v) is 3.20. The molecule has 0 bridgehead atoms. The maximum absolute atomic E-state index is 10.4. The molecule has 0 amide bonds. The molecule has 1 unspecified atom stereocenters. The SMILES string of the molecule is N#CC1(C(O)c2cscn2)CCCCCCC1. The van der Waals surface area contributed by atoms with E-state index in [0.29, 0.717) is 5.69 Å². The van der Waals surface area contributed by atoms with Gasteiger partial charge in [-0.05, 0) is 12.8 Å². The first-order valence-electron chi connectivity index (χ1n) is 6.26. The average Bonchev–Trinajstić information content (AvgIpc) is 2.82. The van der Waals surface area contributed by atoms with Gasteiger partial charge in [0.2, 0.25) is 0 Å². The van der Waals surface area contributed by atoms with Crippen LogP contribution in [0.5, 0.6) is 0 Å². The summed E-state index contributed by atoms with van der Waals surface area (Å²) in [4.78, 5) is 4.16. The van der Waals surface area contributed by atoms with Crippen molar-refractivity contribution in [3.05, 3.63) is 16.6 Å². The Kier molecular flexibility index (Phi) is 4.14. The maximum Gasteiger partial charge on any atom is 0.115 e. The number of nitrogens with zero attached hydrogens (tertiary/aromatic N) is 2. The highest BCUT2D eigenvalue weighted by Crippen LogP contribution is 2.43. The molecule has 1 saturated carbocycles. The molecule has 1 atom stereocenters. The molecule has 1 N–H and O–H groups in total. The first-order valence-corrected chi connectivity index (χ1v) is 7.20. The third kappa shape index (κ3) is 2.67. The summed E-state index contributed by atoms with van der Waals surface area (Å²) >= 11 is 1.47. The summed E-state index contributed by atoms with van der Waals surface area (Å²) in [6.45, 7) is 0. The second-order valence-electron chi connectivity index (χ2n) is 4.85. The summed E-state index contributed by atoms with van der Waals surface area (Å²) in [5.74, 6) is 0. The summed E-state index contributed by atoms with van der Waals surface area (Å²) in [7, 11) is 0. The molecule has 1 fully saturated rings. The number of thiazole rings is 1. The third-order valence-corrected chi connectivity index (χ3v) is 4.33. The van der Waals surface area contributed by atoms with Crippen LogP contribution in [0.3, 0.4) is 0 Å². The van der Waals surface area contributed by atoms with Crippen molar-refractivity contribution in [1.29, 1.82) is 5.26 Å². The van der Waals surface area contributed by atoms with Gasteiger partial charge in [-0.15, -0.1) is 11.3 Å². The van der Waals surface area contributed by atoms with Crippen LogP contribution < -0.4 is 0 Å². The topological polar surface area (TPSA) is 56.9 Å². The molecule has 0 radical (unpaired) electrons. The minimum atomic E-state index is -0.725. The van der Waals surface area contributed by atoms with Gasteiger partial charge >= 0.3 is 0 Å². The number of hydrogen-bond donors (Lipinski definition) is 1. The second-order valence-corrected chi connectivity index (χ2v) is 5.57. The molecule has 0 saturated heterocycles. The van der Waals surface area contributed by atoms with E-state index in [4.69, 9.17) is 0 Å². The fraction of sp³-hybridized carbons (Fsp3) is 0.692. The van der Waals surface area contributed by atoms with Crippen LogP contribution in [0.2, 0.25) is 0 Å². The Hall–Kier alpha value is -0.920. The van der Waals surface area contributed by atoms with Gasteiger partial charge in [-0.25, -0.2) is 4.98 Å². The second kappa shape index (κ2) is 5.61. The van der Waals surface area contributed by atoms with Crippen molar-refractivity contribution in [2.24, 2.45) is 5.41 Å². The van der Waals surface area contributed by atoms with Crippen molar-refractivity contribution in [3.63, 3.8) is 0 Å². The Balaban J connectivity index is 2.19. The number of rotatable bonds is 2. The van der Waals surface area contributed by atoms with E-state index >= 15 is 0 Å². The van der Waals surface area contributed by atoms with E-state index in [0.717, 1.165) is 25.7 Å². The molecule has 4 heteroatoms. The van der Waals surface area contributed by atoms with Crippen molar-refractivity contribution in [2.75, 3.05) is 0 Å². The summed E-state index contributed by atoms with van der Waals surface area (Å²) < 4.78 is 0. The van der Waals surface area contributed by atoms with E-state index in [9.17, 15) is 10.4 Å². The highest BCUT2D eigenvalue weighted by molar-refractivity contribution is 7.07. The molecule has 1 aromatic rings. The summed E-state index contributed by atoms with van der Waals surface area (Å²) in [6.07, 6.45) is 6.54. The van der Waals surface area contributed by atoms with Crippen LogP contribution in [-0.4, -0.2) is 10.1 Å². The molecule has 3 nitrogen and oxygen atoms in total. The van der Waals surface area contributed by atoms with Crippen molar-refractivity contribution in [1.82, 2.24) is 4.98 Å². The van der Waals surface area contributed by atoms with Crippen LogP contribution in [0.25, 0.3) is 0 Å². The van der Waals surface area contributed by atoms with E-state index in [2.05, 4.69) is 11.1 Å². The third-order valence-electron chi connectivity index (χ3n) is 3.72. The molecule has 0 aliphatic heterocycles. The van der Waals surface area contributed by atoms with Crippen LogP contribution in [0, 0.1) is 16.7 Å². The Labute approximate surface area is 106 Å². The lowest BCUT2D eigenvalue weighted by Gasteiger charge is -2.32. The molecule has 17 heavy (non-hydrogen) atoms. The van der Waals surface area contributed by atoms with E-state index in [1.165, 1.54) is 30.6 Å². The largest absolute Gasteiger partial charge is 0.385 e. The zero-order valence-electron chi connectivity index (χ0n) is 9.93. The Morgan fingerprint density at radius 3 is 2.47 bits per heavy atom. The molecule has 2 rings (SSSR count). The van der Waals surface area contributed by atoms with Crippen molar-refractivity contribution >= 4 is 11.3 Å². The molecule has 92 valence electrons. The first kappa shape index (κ1) is 12.5. The van der Waals surface area contributed by atoms with Gasteiger partial charge in [0.15, 0.2) is 0 Å². The number of hydrogen-bond acceptors (Lipinski definition) is 4. The lowest BCUT2D eigenvalue weighted by atomic mass is 9.72. The molecule has 1 aliphatic carbocycles. The Bertz CT molecular complexity index is 375. The van der Waals surface area contributed by atoms with Crippen LogP contribution >= 0.6 is 11.3 Å². The monoisotopic (exact) mass is 250 g/mol. The summed E-state index contributed by atoms with van der Waals surface area (Å²) in [5, 5.41) is 21.8. The van der Waals surface area contributed by atoms with Gasteiger partial charge in [-0.3, -0.25) is 0 Å². The van der Waals surface area contributed by atoms with Crippen LogP contribution in [-0.2, 0) is 0 Å². The highest BCUT2D eigenvalue weighted by Gasteiger charge is 2.39. The van der Waals surface area contributed by atoms with Gasteiger partial charge in [-0.2, -0.15) is 5.26 Å². The quantitative estimate of drug-likeness (QED) is 0.874. The van der Waals surface area contributed by atoms with Gasteiger partial charge in [0.05, 0.1) is 22.7 Å². The van der Waals surface area contributed by atoms with E-state index in [1.54, 1.807) is 5.51 Å². The zero-order valence-corrected chi connectivity index (χ0v) is 10.7. The molecule has 0 spiro atoms. The molecular weight excluding hydrogens is 232 g/mol. The normalized spacial score (nSPS) is 22.1. The number of aliphatic hydroxyl groups is 1. The van der Waals surface area contributed by atoms with Crippen molar-refractivity contribution < 1.29 is 5.11 Å². The molecular formula is C13H18N2OS. The summed E-state index contributed by atoms with van der Waals surface area (Å²) in [6, 6.07) is 2.39. The Morgan fingerprint density at radius 1 is 1.29 bits per heavy atom. The molecule has 1 aromatic heterocycles. The average molecular weight is 250 g/mol. The van der Waals surface area contributed by atoms with Gasteiger partial charge in [0.25, 0.3) is 0 Å². The van der Waals surface area contributed by atoms with E-state index < -0.39 is 11.5 Å². The summed E-state index contributed by atoms with van der Waals surface area (Å²) in [5.41, 5.74) is 1.76. The van der Waals surface area contributed by atoms with Gasteiger partial charge in [0.1, 0.15) is 6.10 Å². The highest BCUT2D eigenvalue weighted by atomic mass is 32.1. The number of nitriles is 1. The first-order chi connectivity index (χ1) is 8.28. The van der Waals surface area contributed by atoms with Crippen molar-refractivity contribution in [2.45, 2.75) is 51.0 Å². The molecule has 1 heterocycles. The lowest BCUT2D eigenvalue weighted by Crippen LogP contribution is -2.28. The maximum atomic E-state index is 10.4. The smallest absolute Gasteiger partial charge is 0.115 e. The van der Waals surface area contributed by atoms with Crippen LogP contribution in [0.15, 0.2) is 10.9 Å². The van der Waals surface area contributed by atoms with Gasteiger partial charge in [-0.1, -0.05) is 32.1 Å². The van der Waals surface area contributed by atoms with Crippen molar-refractivity contribution in [3.8, 4) is 6.07 Å². The number of aliphatic hydroxyl groups excluding tert-OH is 1. The predicted molar refractivity (Wildman–Crippen MR) is 67.4 cm³/mol. The minimum absolute atomic E-state index is 0.617. The lowest BCUT2D eigenvalue weighted by molar-refractivity contribution is 0.0406. The standard InChI is InChI=1S/C13H18N2OS/c14-9-13(6-4-2-1-3-5-7-13)12(16)11-8-17-10-15-11/h8,10,12,16H,1-7H2. The van der Waals surface area contributed by atoms with E-state index in [-0.39, 0.29) is 0 Å². The van der Waals surface area contributed by atoms with Gasteiger partial charge < -0.3 is 5.11 Å². The van der Waals surface area contributed by atoms with Crippen LogP contribution in [0.4, 0.5) is 0 Å².